The van der Waals surface area contributed by atoms with Crippen molar-refractivity contribution >= 4 is 48.8 Å². The molecule has 0 fully saturated rings. The van der Waals surface area contributed by atoms with Crippen molar-refractivity contribution in [1.29, 1.82) is 0 Å². The predicted octanol–water partition coefficient (Wildman–Crippen LogP) is 2.23. The van der Waals surface area contributed by atoms with Crippen molar-refractivity contribution < 1.29 is 13.2 Å². The number of halogens is 1. The number of aromatic amines is 1. The van der Waals surface area contributed by atoms with Gasteiger partial charge in [-0.15, -0.1) is 0 Å². The van der Waals surface area contributed by atoms with Crippen molar-refractivity contribution in [3.63, 3.8) is 0 Å². The molecule has 23 heavy (non-hydrogen) atoms. The number of aromatic nitrogens is 2. The number of anilines is 1. The molecule has 4 N–H and O–H groups in total. The van der Waals surface area contributed by atoms with E-state index in [1.54, 1.807) is 6.07 Å². The minimum absolute atomic E-state index is 0.136. The summed E-state index contributed by atoms with van der Waals surface area (Å²) in [6.07, 6.45) is 0. The van der Waals surface area contributed by atoms with Gasteiger partial charge in [0.15, 0.2) is 0 Å². The Kier molecular flexibility index (Phi) is 3.92. The lowest BCUT2D eigenvalue weighted by molar-refractivity contribution is 0.102. The predicted molar refractivity (Wildman–Crippen MR) is 89.6 cm³/mol. The van der Waals surface area contributed by atoms with E-state index in [0.29, 0.717) is 9.99 Å². The Labute approximate surface area is 140 Å². The smallest absolute Gasteiger partial charge is 0.259 e. The van der Waals surface area contributed by atoms with Crippen molar-refractivity contribution in [3.8, 4) is 0 Å². The van der Waals surface area contributed by atoms with Gasteiger partial charge in [0, 0.05) is 4.47 Å². The number of nitrogens with zero attached hydrogens (tertiary/aromatic N) is 1. The summed E-state index contributed by atoms with van der Waals surface area (Å²) >= 11 is 3.22. The third-order valence-electron chi connectivity index (χ3n) is 3.13. The number of benzene rings is 2. The van der Waals surface area contributed by atoms with E-state index in [-0.39, 0.29) is 16.4 Å². The minimum Gasteiger partial charge on any atom is -0.324 e. The number of carbonyl (C=O) groups excluding carboxylic acids is 1. The van der Waals surface area contributed by atoms with Crippen LogP contribution in [0.1, 0.15) is 10.4 Å². The van der Waals surface area contributed by atoms with Gasteiger partial charge in [0.05, 0.1) is 21.5 Å². The van der Waals surface area contributed by atoms with Crippen LogP contribution in [-0.2, 0) is 10.0 Å². The van der Waals surface area contributed by atoms with Crippen molar-refractivity contribution in [1.82, 2.24) is 9.97 Å². The summed E-state index contributed by atoms with van der Waals surface area (Å²) in [4.78, 5) is 19.4. The monoisotopic (exact) mass is 394 g/mol. The zero-order valence-electron chi connectivity index (χ0n) is 11.6. The van der Waals surface area contributed by atoms with Crippen molar-refractivity contribution in [2.24, 2.45) is 5.14 Å². The lowest BCUT2D eigenvalue weighted by Crippen LogP contribution is -2.16. The number of nitrogens with two attached hydrogens (primary N) is 1. The summed E-state index contributed by atoms with van der Waals surface area (Å²) in [7, 11) is -3.89. The van der Waals surface area contributed by atoms with Gasteiger partial charge >= 0.3 is 0 Å². The third kappa shape index (κ3) is 3.26. The number of fused-ring (bicyclic) bond motifs is 1. The number of amides is 1. The van der Waals surface area contributed by atoms with Gasteiger partial charge in [-0.2, -0.15) is 0 Å². The number of rotatable bonds is 3. The van der Waals surface area contributed by atoms with E-state index in [1.165, 1.54) is 18.2 Å². The van der Waals surface area contributed by atoms with E-state index in [0.717, 1.165) is 5.52 Å². The second kappa shape index (κ2) is 5.76. The van der Waals surface area contributed by atoms with Crippen LogP contribution in [-0.4, -0.2) is 24.3 Å². The van der Waals surface area contributed by atoms with Crippen LogP contribution < -0.4 is 10.5 Å². The second-order valence-corrected chi connectivity index (χ2v) is 7.16. The Morgan fingerprint density at radius 1 is 1.22 bits per heavy atom. The molecule has 0 unspecified atom stereocenters. The average Bonchev–Trinajstić information content (AvgIpc) is 2.88. The van der Waals surface area contributed by atoms with Crippen LogP contribution in [0.2, 0.25) is 0 Å². The molecule has 3 rings (SSSR count). The zero-order chi connectivity index (χ0) is 16.6. The number of primary sulfonamides is 1. The van der Waals surface area contributed by atoms with Gasteiger partial charge in [-0.3, -0.25) is 10.1 Å². The standard InChI is InChI=1S/C14H11BrN4O3S/c15-10-6-5-8(23(16,21)22)7-9(10)13(20)19-14-17-11-3-1-2-4-12(11)18-14/h1-7H,(H2,16,21,22)(H2,17,18,19,20). The summed E-state index contributed by atoms with van der Waals surface area (Å²) in [5.41, 5.74) is 1.62. The first-order valence-electron chi connectivity index (χ1n) is 6.43. The fourth-order valence-electron chi connectivity index (χ4n) is 2.04. The molecule has 1 amide bonds. The summed E-state index contributed by atoms with van der Waals surface area (Å²) in [6, 6.07) is 11.3. The number of H-pyrrole nitrogens is 1. The molecule has 2 aromatic carbocycles. The number of hydrogen-bond acceptors (Lipinski definition) is 4. The Morgan fingerprint density at radius 2 is 1.96 bits per heavy atom. The Balaban J connectivity index is 1.94. The van der Waals surface area contributed by atoms with Gasteiger partial charge in [0.1, 0.15) is 0 Å². The molecule has 1 heterocycles. The zero-order valence-corrected chi connectivity index (χ0v) is 14.0. The third-order valence-corrected chi connectivity index (χ3v) is 4.73. The number of imidazole rings is 1. The highest BCUT2D eigenvalue weighted by Crippen LogP contribution is 2.22. The molecular weight excluding hydrogens is 384 g/mol. The van der Waals surface area contributed by atoms with Crippen LogP contribution in [0.25, 0.3) is 11.0 Å². The molecule has 3 aromatic rings. The average molecular weight is 395 g/mol. The van der Waals surface area contributed by atoms with E-state index in [9.17, 15) is 13.2 Å². The molecule has 0 aliphatic rings. The van der Waals surface area contributed by atoms with E-state index in [1.807, 2.05) is 18.2 Å². The molecule has 1 aromatic heterocycles. The summed E-state index contributed by atoms with van der Waals surface area (Å²) in [5.74, 6) is -0.245. The molecular formula is C14H11BrN4O3S. The van der Waals surface area contributed by atoms with Crippen LogP contribution in [0, 0.1) is 0 Å². The Bertz CT molecular complexity index is 981. The minimum atomic E-state index is -3.89. The molecule has 0 saturated heterocycles. The summed E-state index contributed by atoms with van der Waals surface area (Å²) < 4.78 is 23.3. The van der Waals surface area contributed by atoms with Gasteiger partial charge in [-0.25, -0.2) is 18.5 Å². The van der Waals surface area contributed by atoms with E-state index < -0.39 is 15.9 Å². The molecule has 0 saturated carbocycles. The highest BCUT2D eigenvalue weighted by Gasteiger charge is 2.16. The Morgan fingerprint density at radius 3 is 2.65 bits per heavy atom. The lowest BCUT2D eigenvalue weighted by Gasteiger charge is -2.06. The maximum Gasteiger partial charge on any atom is 0.259 e. The van der Waals surface area contributed by atoms with Gasteiger partial charge < -0.3 is 4.98 Å². The first-order valence-corrected chi connectivity index (χ1v) is 8.77. The summed E-state index contributed by atoms with van der Waals surface area (Å²) in [5, 5.41) is 7.68. The molecule has 118 valence electrons. The van der Waals surface area contributed by atoms with Crippen molar-refractivity contribution in [2.45, 2.75) is 4.90 Å². The van der Waals surface area contributed by atoms with Crippen LogP contribution in [0.15, 0.2) is 51.8 Å². The van der Waals surface area contributed by atoms with Gasteiger partial charge in [0.25, 0.3) is 5.91 Å². The molecule has 0 spiro atoms. The van der Waals surface area contributed by atoms with Gasteiger partial charge in [0.2, 0.25) is 16.0 Å². The number of sulfonamides is 1. The normalized spacial score (nSPS) is 11.6. The largest absolute Gasteiger partial charge is 0.324 e. The highest BCUT2D eigenvalue weighted by atomic mass is 79.9. The Hall–Kier alpha value is -2.23. The molecule has 9 heteroatoms. The number of nitrogens with one attached hydrogen (secondary N) is 2. The molecule has 0 radical (unpaired) electrons. The summed E-state index contributed by atoms with van der Waals surface area (Å²) in [6.45, 7) is 0. The van der Waals surface area contributed by atoms with E-state index >= 15 is 0 Å². The topological polar surface area (TPSA) is 118 Å². The molecule has 0 bridgehead atoms. The number of carbonyl (C=O) groups is 1. The first kappa shape index (κ1) is 15.7. The van der Waals surface area contributed by atoms with E-state index in [4.69, 9.17) is 5.14 Å². The SMILES string of the molecule is NS(=O)(=O)c1ccc(Br)c(C(=O)Nc2nc3ccccc3[nH]2)c1. The number of hydrogen-bond donors (Lipinski definition) is 3. The van der Waals surface area contributed by atoms with Crippen LogP contribution in [0.3, 0.4) is 0 Å². The fraction of sp³-hybridized carbons (Fsp3) is 0. The highest BCUT2D eigenvalue weighted by molar-refractivity contribution is 9.10. The molecule has 0 atom stereocenters. The van der Waals surface area contributed by atoms with Crippen molar-refractivity contribution in [2.75, 3.05) is 5.32 Å². The second-order valence-electron chi connectivity index (χ2n) is 4.74. The van der Waals surface area contributed by atoms with Gasteiger partial charge in [-0.1, -0.05) is 12.1 Å². The van der Waals surface area contributed by atoms with Crippen LogP contribution >= 0.6 is 15.9 Å². The lowest BCUT2D eigenvalue weighted by atomic mass is 10.2. The molecule has 0 aliphatic heterocycles. The quantitative estimate of drug-likeness (QED) is 0.630. The number of para-hydroxylation sites is 2. The maximum atomic E-state index is 12.4. The fourth-order valence-corrected chi connectivity index (χ4v) is 3.01. The van der Waals surface area contributed by atoms with E-state index in [2.05, 4.69) is 31.2 Å². The molecule has 0 aliphatic carbocycles. The molecule has 7 nitrogen and oxygen atoms in total. The van der Waals surface area contributed by atoms with Gasteiger partial charge in [-0.05, 0) is 46.3 Å². The van der Waals surface area contributed by atoms with Crippen LogP contribution in [0.5, 0.6) is 0 Å². The van der Waals surface area contributed by atoms with Crippen molar-refractivity contribution in [3.05, 3.63) is 52.5 Å². The maximum absolute atomic E-state index is 12.4. The first-order chi connectivity index (χ1) is 10.8. The van der Waals surface area contributed by atoms with Crippen LogP contribution in [0.4, 0.5) is 5.95 Å².